The van der Waals surface area contributed by atoms with Crippen LogP contribution in [0.3, 0.4) is 0 Å². The Morgan fingerprint density at radius 3 is 2.47 bits per heavy atom. The first-order chi connectivity index (χ1) is 9.11. The molecule has 0 fully saturated rings. The van der Waals surface area contributed by atoms with Crippen molar-refractivity contribution in [2.45, 2.75) is 26.7 Å². The molecule has 1 aromatic carbocycles. The molecule has 0 spiro atoms. The number of aromatic nitrogens is 1. The number of rotatable bonds is 5. The molecule has 0 amide bonds. The summed E-state index contributed by atoms with van der Waals surface area (Å²) >= 11 is 1.78. The molecule has 0 aliphatic rings. The number of hydrogen-bond acceptors (Lipinski definition) is 4. The molecule has 0 bridgehead atoms. The first-order valence-electron chi connectivity index (χ1n) is 6.52. The molecule has 0 aliphatic heterocycles. The van der Waals surface area contributed by atoms with Crippen LogP contribution < -0.4 is 10.5 Å². The summed E-state index contributed by atoms with van der Waals surface area (Å²) in [6, 6.07) is 8.05. The molecule has 4 heteroatoms. The highest BCUT2D eigenvalue weighted by Gasteiger charge is 2.12. The number of hydrogen-bond donors (Lipinski definition) is 1. The van der Waals surface area contributed by atoms with Crippen LogP contribution in [0.4, 0.5) is 0 Å². The molecule has 1 heterocycles. The highest BCUT2D eigenvalue weighted by Crippen LogP contribution is 2.31. The predicted molar refractivity (Wildman–Crippen MR) is 80.9 cm³/mol. The molecule has 0 unspecified atom stereocenters. The van der Waals surface area contributed by atoms with Gasteiger partial charge in [0.25, 0.3) is 0 Å². The van der Waals surface area contributed by atoms with E-state index < -0.39 is 0 Å². The van der Waals surface area contributed by atoms with Crippen LogP contribution in [0, 0.1) is 6.92 Å². The normalized spacial score (nSPS) is 11.0. The van der Waals surface area contributed by atoms with Gasteiger partial charge in [0, 0.05) is 22.9 Å². The zero-order chi connectivity index (χ0) is 13.8. The number of ether oxygens (including phenoxy) is 1. The standard InChI is InChI=1S/C15H20N2OS/c1-10(2)15-17-14(11(3)19-15)12-4-6-13(7-5-12)18-9-8-16/h4-7,10H,8-9,16H2,1-3H3. The van der Waals surface area contributed by atoms with Crippen LogP contribution in [0.1, 0.15) is 29.7 Å². The zero-order valence-corrected chi connectivity index (χ0v) is 12.5. The largest absolute Gasteiger partial charge is 0.492 e. The predicted octanol–water partition coefficient (Wildman–Crippen LogP) is 3.58. The smallest absolute Gasteiger partial charge is 0.119 e. The fourth-order valence-electron chi connectivity index (χ4n) is 1.82. The summed E-state index contributed by atoms with van der Waals surface area (Å²) in [5, 5.41) is 1.19. The molecular weight excluding hydrogens is 256 g/mol. The number of thiazole rings is 1. The van der Waals surface area contributed by atoms with Gasteiger partial charge in [0.2, 0.25) is 0 Å². The van der Waals surface area contributed by atoms with Crippen LogP contribution in [0.2, 0.25) is 0 Å². The van der Waals surface area contributed by atoms with Gasteiger partial charge in [-0.05, 0) is 31.2 Å². The van der Waals surface area contributed by atoms with Crippen molar-refractivity contribution in [3.05, 3.63) is 34.2 Å². The van der Waals surface area contributed by atoms with E-state index in [0.717, 1.165) is 17.0 Å². The molecular formula is C15H20N2OS. The summed E-state index contributed by atoms with van der Waals surface area (Å²) in [6.07, 6.45) is 0. The van der Waals surface area contributed by atoms with Gasteiger partial charge in [-0.25, -0.2) is 4.98 Å². The molecule has 2 aromatic rings. The van der Waals surface area contributed by atoms with Crippen LogP contribution in [-0.2, 0) is 0 Å². The SMILES string of the molecule is Cc1sc(C(C)C)nc1-c1ccc(OCCN)cc1. The fraction of sp³-hybridized carbons (Fsp3) is 0.400. The number of nitrogens with zero attached hydrogens (tertiary/aromatic N) is 1. The Hall–Kier alpha value is -1.39. The Bertz CT molecular complexity index is 532. The van der Waals surface area contributed by atoms with E-state index in [4.69, 9.17) is 15.5 Å². The molecule has 2 rings (SSSR count). The van der Waals surface area contributed by atoms with Gasteiger partial charge < -0.3 is 10.5 Å². The second kappa shape index (κ2) is 6.17. The van der Waals surface area contributed by atoms with Gasteiger partial charge in [0.05, 0.1) is 10.7 Å². The number of aryl methyl sites for hydroxylation is 1. The Morgan fingerprint density at radius 1 is 1.26 bits per heavy atom. The molecule has 0 radical (unpaired) electrons. The maximum absolute atomic E-state index is 5.48. The minimum atomic E-state index is 0.476. The summed E-state index contributed by atoms with van der Waals surface area (Å²) in [5.41, 5.74) is 7.64. The van der Waals surface area contributed by atoms with E-state index in [1.54, 1.807) is 11.3 Å². The first kappa shape index (κ1) is 14.0. The van der Waals surface area contributed by atoms with Gasteiger partial charge in [0.1, 0.15) is 12.4 Å². The van der Waals surface area contributed by atoms with E-state index in [-0.39, 0.29) is 0 Å². The zero-order valence-electron chi connectivity index (χ0n) is 11.6. The highest BCUT2D eigenvalue weighted by molar-refractivity contribution is 7.12. The van der Waals surface area contributed by atoms with Crippen molar-refractivity contribution in [3.8, 4) is 17.0 Å². The lowest BCUT2D eigenvalue weighted by Gasteiger charge is -2.05. The lowest BCUT2D eigenvalue weighted by molar-refractivity contribution is 0.328. The Morgan fingerprint density at radius 2 is 1.95 bits per heavy atom. The van der Waals surface area contributed by atoms with Crippen molar-refractivity contribution >= 4 is 11.3 Å². The van der Waals surface area contributed by atoms with Crippen LogP contribution >= 0.6 is 11.3 Å². The van der Waals surface area contributed by atoms with E-state index in [9.17, 15) is 0 Å². The van der Waals surface area contributed by atoms with Crippen molar-refractivity contribution < 1.29 is 4.74 Å². The maximum atomic E-state index is 5.48. The third-order valence-electron chi connectivity index (χ3n) is 2.82. The summed E-state index contributed by atoms with van der Waals surface area (Å²) in [6.45, 7) is 7.55. The third kappa shape index (κ3) is 3.33. The lowest BCUT2D eigenvalue weighted by atomic mass is 10.1. The monoisotopic (exact) mass is 276 g/mol. The quantitative estimate of drug-likeness (QED) is 0.908. The summed E-state index contributed by atoms with van der Waals surface area (Å²) in [5.74, 6) is 1.33. The van der Waals surface area contributed by atoms with Crippen LogP contribution in [0.15, 0.2) is 24.3 Å². The van der Waals surface area contributed by atoms with Crippen LogP contribution in [0.5, 0.6) is 5.75 Å². The molecule has 1 aromatic heterocycles. The molecule has 0 saturated heterocycles. The van der Waals surface area contributed by atoms with Crippen molar-refractivity contribution in [2.75, 3.05) is 13.2 Å². The molecule has 0 aliphatic carbocycles. The van der Waals surface area contributed by atoms with Crippen molar-refractivity contribution in [1.29, 1.82) is 0 Å². The Balaban J connectivity index is 2.22. The Kier molecular flexibility index (Phi) is 4.56. The van der Waals surface area contributed by atoms with Crippen LogP contribution in [0.25, 0.3) is 11.3 Å². The highest BCUT2D eigenvalue weighted by atomic mass is 32.1. The van der Waals surface area contributed by atoms with Gasteiger partial charge in [0.15, 0.2) is 0 Å². The van der Waals surface area contributed by atoms with Crippen molar-refractivity contribution in [3.63, 3.8) is 0 Å². The molecule has 102 valence electrons. The van der Waals surface area contributed by atoms with Crippen molar-refractivity contribution in [1.82, 2.24) is 4.98 Å². The summed E-state index contributed by atoms with van der Waals surface area (Å²) in [4.78, 5) is 5.99. The van der Waals surface area contributed by atoms with E-state index in [1.165, 1.54) is 9.88 Å². The molecule has 0 atom stereocenters. The average Bonchev–Trinajstić information content (AvgIpc) is 2.79. The lowest BCUT2D eigenvalue weighted by Crippen LogP contribution is -2.10. The average molecular weight is 276 g/mol. The minimum Gasteiger partial charge on any atom is -0.492 e. The summed E-state index contributed by atoms with van der Waals surface area (Å²) < 4.78 is 5.48. The maximum Gasteiger partial charge on any atom is 0.119 e. The molecule has 3 nitrogen and oxygen atoms in total. The second-order valence-electron chi connectivity index (χ2n) is 4.77. The topological polar surface area (TPSA) is 48.1 Å². The van der Waals surface area contributed by atoms with Gasteiger partial charge in [-0.1, -0.05) is 13.8 Å². The Labute approximate surface area is 118 Å². The van der Waals surface area contributed by atoms with Gasteiger partial charge in [-0.15, -0.1) is 11.3 Å². The molecule has 19 heavy (non-hydrogen) atoms. The summed E-state index contributed by atoms with van der Waals surface area (Å²) in [7, 11) is 0. The van der Waals surface area contributed by atoms with Crippen molar-refractivity contribution in [2.24, 2.45) is 5.73 Å². The van der Waals surface area contributed by atoms with Gasteiger partial charge >= 0.3 is 0 Å². The van der Waals surface area contributed by atoms with E-state index >= 15 is 0 Å². The van der Waals surface area contributed by atoms with E-state index in [1.807, 2.05) is 12.1 Å². The third-order valence-corrected chi connectivity index (χ3v) is 4.09. The van der Waals surface area contributed by atoms with Gasteiger partial charge in [-0.3, -0.25) is 0 Å². The minimum absolute atomic E-state index is 0.476. The molecule has 2 N–H and O–H groups in total. The molecule has 0 saturated carbocycles. The van der Waals surface area contributed by atoms with E-state index in [2.05, 4.69) is 32.9 Å². The van der Waals surface area contributed by atoms with Gasteiger partial charge in [-0.2, -0.15) is 0 Å². The number of benzene rings is 1. The first-order valence-corrected chi connectivity index (χ1v) is 7.34. The van der Waals surface area contributed by atoms with Crippen LogP contribution in [-0.4, -0.2) is 18.1 Å². The second-order valence-corrected chi connectivity index (χ2v) is 6.01. The van der Waals surface area contributed by atoms with E-state index in [0.29, 0.717) is 19.1 Å². The fourth-order valence-corrected chi connectivity index (χ4v) is 2.76. The number of nitrogens with two attached hydrogens (primary N) is 1.